The highest BCUT2D eigenvalue weighted by Gasteiger charge is 2.04. The van der Waals surface area contributed by atoms with Crippen LogP contribution in [0.3, 0.4) is 0 Å². The van der Waals surface area contributed by atoms with E-state index in [0.717, 1.165) is 4.88 Å². The number of amides is 2. The summed E-state index contributed by atoms with van der Waals surface area (Å²) in [7, 11) is 0. The van der Waals surface area contributed by atoms with Gasteiger partial charge in [0.2, 0.25) is 0 Å². The molecule has 2 aromatic heterocycles. The molecule has 0 spiro atoms. The van der Waals surface area contributed by atoms with Crippen LogP contribution in [-0.2, 0) is 6.54 Å². The SMILES string of the molecule is Cc1ccc(CNC(=O)NCCNc2ncc(Cl)cc2Cl)s1. The molecule has 5 nitrogen and oxygen atoms in total. The first-order valence-electron chi connectivity index (χ1n) is 6.66. The lowest BCUT2D eigenvalue weighted by molar-refractivity contribution is 0.241. The molecule has 8 heteroatoms. The molecule has 0 aliphatic carbocycles. The van der Waals surface area contributed by atoms with Crippen molar-refractivity contribution in [3.8, 4) is 0 Å². The van der Waals surface area contributed by atoms with Gasteiger partial charge >= 0.3 is 6.03 Å². The number of aromatic nitrogens is 1. The highest BCUT2D eigenvalue weighted by atomic mass is 35.5. The summed E-state index contributed by atoms with van der Waals surface area (Å²) >= 11 is 13.4. The molecule has 0 saturated carbocycles. The van der Waals surface area contributed by atoms with Gasteiger partial charge in [-0.15, -0.1) is 11.3 Å². The number of hydrogen-bond acceptors (Lipinski definition) is 4. The van der Waals surface area contributed by atoms with E-state index in [4.69, 9.17) is 23.2 Å². The molecule has 3 N–H and O–H groups in total. The van der Waals surface area contributed by atoms with E-state index in [1.54, 1.807) is 17.4 Å². The van der Waals surface area contributed by atoms with Crippen LogP contribution in [0.1, 0.15) is 9.75 Å². The second kappa shape index (κ2) is 8.22. The van der Waals surface area contributed by atoms with Gasteiger partial charge in [0.1, 0.15) is 5.82 Å². The molecular weight excluding hydrogens is 343 g/mol. The summed E-state index contributed by atoms with van der Waals surface area (Å²) in [5, 5.41) is 9.52. The quantitative estimate of drug-likeness (QED) is 0.690. The normalized spacial score (nSPS) is 10.3. The third kappa shape index (κ3) is 5.36. The number of halogens is 2. The fourth-order valence-corrected chi connectivity index (χ4v) is 2.99. The van der Waals surface area contributed by atoms with Crippen molar-refractivity contribution in [1.82, 2.24) is 15.6 Å². The molecule has 0 atom stereocenters. The molecule has 2 heterocycles. The fraction of sp³-hybridized carbons (Fsp3) is 0.286. The maximum Gasteiger partial charge on any atom is 0.315 e. The second-order valence-corrected chi connectivity index (χ2v) is 6.75. The summed E-state index contributed by atoms with van der Waals surface area (Å²) in [5.41, 5.74) is 0. The molecular formula is C14H16Cl2N4OS. The van der Waals surface area contributed by atoms with Crippen LogP contribution < -0.4 is 16.0 Å². The first kappa shape index (κ1) is 16.9. The number of pyridine rings is 1. The average Bonchev–Trinajstić information content (AvgIpc) is 2.89. The van der Waals surface area contributed by atoms with Gasteiger partial charge in [-0.25, -0.2) is 9.78 Å². The molecule has 0 aliphatic heterocycles. The lowest BCUT2D eigenvalue weighted by Gasteiger charge is -2.09. The van der Waals surface area contributed by atoms with Crippen LogP contribution in [0, 0.1) is 6.92 Å². The van der Waals surface area contributed by atoms with Gasteiger partial charge < -0.3 is 16.0 Å². The molecule has 0 aliphatic rings. The number of carbonyl (C=O) groups excluding carboxylic acids is 1. The van der Waals surface area contributed by atoms with Crippen LogP contribution in [0.2, 0.25) is 10.0 Å². The lowest BCUT2D eigenvalue weighted by atomic mass is 10.4. The van der Waals surface area contributed by atoms with Crippen molar-refractivity contribution < 1.29 is 4.79 Å². The van der Waals surface area contributed by atoms with Gasteiger partial charge in [-0.05, 0) is 25.1 Å². The Morgan fingerprint density at radius 2 is 2.09 bits per heavy atom. The van der Waals surface area contributed by atoms with Gasteiger partial charge in [-0.2, -0.15) is 0 Å². The van der Waals surface area contributed by atoms with Crippen molar-refractivity contribution in [2.45, 2.75) is 13.5 Å². The predicted octanol–water partition coefficient (Wildman–Crippen LogP) is 3.67. The summed E-state index contributed by atoms with van der Waals surface area (Å²) in [5.74, 6) is 0.544. The Kier molecular flexibility index (Phi) is 6.30. The van der Waals surface area contributed by atoms with Crippen molar-refractivity contribution >= 4 is 46.4 Å². The summed E-state index contributed by atoms with van der Waals surface area (Å²) in [6.07, 6.45) is 1.51. The molecule has 2 aromatic rings. The van der Waals surface area contributed by atoms with Crippen molar-refractivity contribution in [2.24, 2.45) is 0 Å². The van der Waals surface area contributed by atoms with E-state index in [1.165, 1.54) is 11.1 Å². The summed E-state index contributed by atoms with van der Waals surface area (Å²) < 4.78 is 0. The maximum absolute atomic E-state index is 11.6. The standard InChI is InChI=1S/C14H16Cl2N4OS/c1-9-2-3-11(22-9)8-20-14(21)18-5-4-17-13-12(16)6-10(15)7-19-13/h2-3,6-7H,4-5,8H2,1H3,(H,17,19)(H2,18,20,21). The Morgan fingerprint density at radius 1 is 1.27 bits per heavy atom. The Labute approximate surface area is 143 Å². The van der Waals surface area contributed by atoms with Gasteiger partial charge in [-0.1, -0.05) is 23.2 Å². The minimum atomic E-state index is -0.206. The van der Waals surface area contributed by atoms with E-state index in [2.05, 4.69) is 20.9 Å². The van der Waals surface area contributed by atoms with Gasteiger partial charge in [0.05, 0.1) is 16.6 Å². The maximum atomic E-state index is 11.6. The average molecular weight is 359 g/mol. The van der Waals surface area contributed by atoms with Gasteiger partial charge in [0.25, 0.3) is 0 Å². The number of carbonyl (C=O) groups is 1. The monoisotopic (exact) mass is 358 g/mol. The largest absolute Gasteiger partial charge is 0.367 e. The summed E-state index contributed by atoms with van der Waals surface area (Å²) in [6.45, 7) is 3.54. The number of nitrogens with one attached hydrogen (secondary N) is 3. The fourth-order valence-electron chi connectivity index (χ4n) is 1.71. The molecule has 0 unspecified atom stereocenters. The molecule has 22 heavy (non-hydrogen) atoms. The molecule has 118 valence electrons. The van der Waals surface area contributed by atoms with Crippen molar-refractivity contribution in [3.05, 3.63) is 44.2 Å². The minimum Gasteiger partial charge on any atom is -0.367 e. The number of urea groups is 1. The Hall–Kier alpha value is -1.50. The zero-order chi connectivity index (χ0) is 15.9. The van der Waals surface area contributed by atoms with Gasteiger partial charge in [0, 0.05) is 29.0 Å². The van der Waals surface area contributed by atoms with E-state index in [9.17, 15) is 4.79 Å². The molecule has 0 bridgehead atoms. The number of thiophene rings is 1. The molecule has 2 rings (SSSR count). The zero-order valence-electron chi connectivity index (χ0n) is 12.0. The van der Waals surface area contributed by atoms with Crippen LogP contribution in [0.25, 0.3) is 0 Å². The Balaban J connectivity index is 1.64. The second-order valence-electron chi connectivity index (χ2n) is 4.53. The van der Waals surface area contributed by atoms with Crippen molar-refractivity contribution in [2.75, 3.05) is 18.4 Å². The molecule has 0 radical (unpaired) electrons. The van der Waals surface area contributed by atoms with E-state index >= 15 is 0 Å². The molecule has 0 fully saturated rings. The van der Waals surface area contributed by atoms with E-state index in [1.807, 2.05) is 19.1 Å². The molecule has 2 amide bonds. The number of anilines is 1. The number of nitrogens with zero attached hydrogens (tertiary/aromatic N) is 1. The smallest absolute Gasteiger partial charge is 0.315 e. The number of rotatable bonds is 6. The third-order valence-corrected chi connectivity index (χ3v) is 4.23. The van der Waals surface area contributed by atoms with Crippen LogP contribution in [0.5, 0.6) is 0 Å². The number of aryl methyl sites for hydroxylation is 1. The van der Waals surface area contributed by atoms with Crippen LogP contribution in [-0.4, -0.2) is 24.1 Å². The Morgan fingerprint density at radius 3 is 2.77 bits per heavy atom. The van der Waals surface area contributed by atoms with Crippen LogP contribution in [0.4, 0.5) is 10.6 Å². The highest BCUT2D eigenvalue weighted by Crippen LogP contribution is 2.22. The van der Waals surface area contributed by atoms with Crippen molar-refractivity contribution in [1.29, 1.82) is 0 Å². The van der Waals surface area contributed by atoms with Crippen molar-refractivity contribution in [3.63, 3.8) is 0 Å². The predicted molar refractivity (Wildman–Crippen MR) is 92.0 cm³/mol. The van der Waals surface area contributed by atoms with E-state index in [-0.39, 0.29) is 6.03 Å². The topological polar surface area (TPSA) is 66.1 Å². The van der Waals surface area contributed by atoms with E-state index < -0.39 is 0 Å². The first-order chi connectivity index (χ1) is 10.5. The third-order valence-electron chi connectivity index (χ3n) is 2.73. The molecule has 0 saturated heterocycles. The summed E-state index contributed by atoms with van der Waals surface area (Å²) in [4.78, 5) is 18.1. The van der Waals surface area contributed by atoms with Crippen LogP contribution in [0.15, 0.2) is 24.4 Å². The lowest BCUT2D eigenvalue weighted by Crippen LogP contribution is -2.37. The minimum absolute atomic E-state index is 0.206. The van der Waals surface area contributed by atoms with E-state index in [0.29, 0.717) is 35.5 Å². The Bertz CT molecular complexity index is 648. The first-order valence-corrected chi connectivity index (χ1v) is 8.24. The van der Waals surface area contributed by atoms with Gasteiger partial charge in [-0.3, -0.25) is 0 Å². The van der Waals surface area contributed by atoms with Gasteiger partial charge in [0.15, 0.2) is 0 Å². The zero-order valence-corrected chi connectivity index (χ0v) is 14.3. The summed E-state index contributed by atoms with van der Waals surface area (Å²) in [6, 6.07) is 5.45. The van der Waals surface area contributed by atoms with Crippen LogP contribution >= 0.6 is 34.5 Å². The molecule has 0 aromatic carbocycles. The highest BCUT2D eigenvalue weighted by molar-refractivity contribution is 7.11. The number of hydrogen-bond donors (Lipinski definition) is 3.